The Balaban J connectivity index is 1.31. The van der Waals surface area contributed by atoms with Crippen molar-refractivity contribution in [3.8, 4) is 16.9 Å². The zero-order valence-electron chi connectivity index (χ0n) is 31.8. The molecular formula is C41H43ClFN5O8S. The normalized spacial score (nSPS) is 11.8. The molecule has 0 fully saturated rings. The number of sulfonamides is 1. The number of H-pyrrole nitrogens is 1. The average Bonchev–Trinajstić information content (AvgIpc) is 3.72. The van der Waals surface area contributed by atoms with E-state index in [0.717, 1.165) is 43.4 Å². The summed E-state index contributed by atoms with van der Waals surface area (Å²) >= 11 is 7.01. The van der Waals surface area contributed by atoms with Crippen LogP contribution in [0.15, 0.2) is 77.7 Å². The van der Waals surface area contributed by atoms with Gasteiger partial charge in [-0.25, -0.2) is 17.6 Å². The zero-order chi connectivity index (χ0) is 40.9. The number of nitrogens with zero attached hydrogens (tertiary/aromatic N) is 4. The second-order valence-electron chi connectivity index (χ2n) is 13.3. The first-order valence-electron chi connectivity index (χ1n) is 18.6. The monoisotopic (exact) mass is 819 g/mol. The number of aryl methyl sites for hydroxylation is 3. The van der Waals surface area contributed by atoms with E-state index in [1.165, 1.54) is 30.3 Å². The van der Waals surface area contributed by atoms with E-state index in [1.54, 1.807) is 23.7 Å². The highest BCUT2D eigenvalue weighted by Gasteiger charge is 2.32. The summed E-state index contributed by atoms with van der Waals surface area (Å²) in [7, 11) is -2.52. The smallest absolute Gasteiger partial charge is 0.355 e. The number of aliphatic hydroxyl groups excluding tert-OH is 1. The number of nitro groups is 1. The molecule has 0 atom stereocenters. The highest BCUT2D eigenvalue weighted by molar-refractivity contribution is 7.89. The first-order chi connectivity index (χ1) is 27.4. The Morgan fingerprint density at radius 1 is 1.02 bits per heavy atom. The van der Waals surface area contributed by atoms with Crippen molar-refractivity contribution in [3.05, 3.63) is 116 Å². The number of nitrogens with one attached hydrogen (secondary N) is 1. The molecular weight excluding hydrogens is 777 g/mol. The molecule has 16 heteroatoms. The fourth-order valence-corrected chi connectivity index (χ4v) is 9.18. The summed E-state index contributed by atoms with van der Waals surface area (Å²) in [5.74, 6) is -0.224. The van der Waals surface area contributed by atoms with Gasteiger partial charge in [0.15, 0.2) is 4.90 Å². The maximum Gasteiger partial charge on any atom is 0.355 e. The van der Waals surface area contributed by atoms with E-state index in [1.807, 2.05) is 38.2 Å². The first kappa shape index (κ1) is 41.3. The van der Waals surface area contributed by atoms with Gasteiger partial charge in [-0.15, -0.1) is 0 Å². The molecule has 2 N–H and O–H groups in total. The second-order valence-corrected chi connectivity index (χ2v) is 15.6. The molecule has 2 aromatic heterocycles. The van der Waals surface area contributed by atoms with Crippen LogP contribution in [0.2, 0.25) is 5.02 Å². The molecule has 0 radical (unpaired) electrons. The molecule has 0 aliphatic heterocycles. The number of aromatic amines is 1. The molecule has 6 rings (SSSR count). The Labute approximate surface area is 334 Å². The van der Waals surface area contributed by atoms with E-state index in [-0.39, 0.29) is 31.9 Å². The number of carbonyl (C=O) groups is 1. The van der Waals surface area contributed by atoms with Crippen molar-refractivity contribution in [2.75, 3.05) is 32.9 Å². The Bertz CT molecular complexity index is 2560. The maximum absolute atomic E-state index is 13.8. The van der Waals surface area contributed by atoms with Crippen LogP contribution in [0.3, 0.4) is 0 Å². The van der Waals surface area contributed by atoms with Gasteiger partial charge in [-0.1, -0.05) is 48.9 Å². The molecule has 0 spiro atoms. The van der Waals surface area contributed by atoms with Gasteiger partial charge in [0.05, 0.1) is 41.0 Å². The van der Waals surface area contributed by atoms with E-state index in [2.05, 4.69) is 4.98 Å². The largest absolute Gasteiger partial charge is 0.493 e. The van der Waals surface area contributed by atoms with Gasteiger partial charge in [0, 0.05) is 53.8 Å². The number of hydrogen-bond acceptors (Lipinski definition) is 9. The van der Waals surface area contributed by atoms with E-state index in [4.69, 9.17) is 26.2 Å². The summed E-state index contributed by atoms with van der Waals surface area (Å²) in [5.41, 5.74) is 3.94. The van der Waals surface area contributed by atoms with E-state index in [9.17, 15) is 32.8 Å². The lowest BCUT2D eigenvalue weighted by atomic mass is 9.96. The van der Waals surface area contributed by atoms with Crippen molar-refractivity contribution >= 4 is 55.0 Å². The molecule has 13 nitrogen and oxygen atoms in total. The van der Waals surface area contributed by atoms with Crippen molar-refractivity contribution in [1.29, 1.82) is 0 Å². The van der Waals surface area contributed by atoms with E-state index in [0.29, 0.717) is 65.5 Å². The Morgan fingerprint density at radius 3 is 2.53 bits per heavy atom. The lowest BCUT2D eigenvalue weighted by molar-refractivity contribution is -0.387. The molecule has 0 saturated carbocycles. The number of fused-ring (bicyclic) bond motifs is 2. The van der Waals surface area contributed by atoms with Gasteiger partial charge in [0.1, 0.15) is 17.3 Å². The summed E-state index contributed by atoms with van der Waals surface area (Å²) in [6.07, 6.45) is 2.11. The molecule has 0 saturated heterocycles. The molecule has 0 aliphatic rings. The fourth-order valence-electron chi connectivity index (χ4n) is 7.30. The fraction of sp³-hybridized carbons (Fsp3) is 0.317. The number of rotatable bonds is 18. The first-order valence-corrected chi connectivity index (χ1v) is 20.4. The third kappa shape index (κ3) is 8.52. The van der Waals surface area contributed by atoms with Crippen molar-refractivity contribution in [2.45, 2.75) is 50.8 Å². The van der Waals surface area contributed by atoms with Crippen LogP contribution in [0, 0.1) is 15.9 Å². The number of nitro benzene ring substituents is 1. The molecule has 0 unspecified atom stereocenters. The summed E-state index contributed by atoms with van der Waals surface area (Å²) in [5, 5.41) is 29.0. The number of aromatic nitrogens is 3. The predicted molar refractivity (Wildman–Crippen MR) is 216 cm³/mol. The van der Waals surface area contributed by atoms with E-state index < -0.39 is 38.1 Å². The quantitative estimate of drug-likeness (QED) is 0.0380. The maximum atomic E-state index is 13.8. The molecule has 6 aromatic rings. The molecule has 2 heterocycles. The third-order valence-electron chi connectivity index (χ3n) is 9.82. The number of benzene rings is 4. The Hall–Kier alpha value is -5.35. The number of halogens is 2. The van der Waals surface area contributed by atoms with Gasteiger partial charge >= 0.3 is 5.97 Å². The second kappa shape index (κ2) is 17.8. The van der Waals surface area contributed by atoms with Crippen molar-refractivity contribution in [2.24, 2.45) is 7.05 Å². The summed E-state index contributed by atoms with van der Waals surface area (Å²) in [6.45, 7) is 3.40. The van der Waals surface area contributed by atoms with Gasteiger partial charge < -0.3 is 19.6 Å². The number of para-hydroxylation sites is 1. The van der Waals surface area contributed by atoms with Gasteiger partial charge in [0.2, 0.25) is 10.0 Å². The summed E-state index contributed by atoms with van der Waals surface area (Å²) in [6, 6.07) is 18.8. The number of hydrogen-bond donors (Lipinski definition) is 2. The van der Waals surface area contributed by atoms with Gasteiger partial charge in [-0.05, 0) is 86.4 Å². The minimum Gasteiger partial charge on any atom is -0.493 e. The SMILES string of the molecule is CCOC(=O)c1[nH]c2c(-c3c(CCCN(CCO)S(=O)(=O)c4ccccc4[N+](=O)[O-])nn(C)c3CC)c(Cl)ccc2c1CCCOc1cccc2cc(F)ccc12. The van der Waals surface area contributed by atoms with Crippen LogP contribution in [-0.2, 0) is 41.1 Å². The number of carbonyl (C=O) groups excluding carboxylic acids is 1. The number of ether oxygens (including phenoxy) is 2. The van der Waals surface area contributed by atoms with Crippen LogP contribution in [0.1, 0.15) is 54.1 Å². The highest BCUT2D eigenvalue weighted by atomic mass is 35.5. The van der Waals surface area contributed by atoms with Crippen LogP contribution < -0.4 is 4.74 Å². The van der Waals surface area contributed by atoms with E-state index >= 15 is 0 Å². The van der Waals surface area contributed by atoms with Gasteiger partial charge in [0.25, 0.3) is 5.69 Å². The summed E-state index contributed by atoms with van der Waals surface area (Å²) in [4.78, 5) is 27.2. The zero-order valence-corrected chi connectivity index (χ0v) is 33.3. The van der Waals surface area contributed by atoms with Crippen molar-refractivity contribution in [3.63, 3.8) is 0 Å². The molecule has 300 valence electrons. The van der Waals surface area contributed by atoms with Crippen LogP contribution in [0.5, 0.6) is 5.75 Å². The molecule has 0 aliphatic carbocycles. The average molecular weight is 820 g/mol. The molecule has 0 amide bonds. The lowest BCUT2D eigenvalue weighted by Gasteiger charge is -2.21. The van der Waals surface area contributed by atoms with Crippen LogP contribution in [0.25, 0.3) is 32.8 Å². The van der Waals surface area contributed by atoms with Crippen LogP contribution in [-0.4, -0.2) is 76.4 Å². The van der Waals surface area contributed by atoms with Crippen molar-refractivity contribution < 1.29 is 37.1 Å². The molecule has 57 heavy (non-hydrogen) atoms. The Morgan fingerprint density at radius 2 is 1.79 bits per heavy atom. The predicted octanol–water partition coefficient (Wildman–Crippen LogP) is 7.79. The van der Waals surface area contributed by atoms with Gasteiger partial charge in [-0.3, -0.25) is 14.8 Å². The minimum absolute atomic E-state index is 0.0538. The lowest BCUT2D eigenvalue weighted by Crippen LogP contribution is -2.35. The number of esters is 1. The highest BCUT2D eigenvalue weighted by Crippen LogP contribution is 2.41. The van der Waals surface area contributed by atoms with Crippen LogP contribution in [0.4, 0.5) is 10.1 Å². The molecule has 4 aromatic carbocycles. The number of aliphatic hydroxyl groups is 1. The van der Waals surface area contributed by atoms with Crippen molar-refractivity contribution in [1.82, 2.24) is 19.1 Å². The van der Waals surface area contributed by atoms with Crippen LogP contribution >= 0.6 is 11.6 Å². The summed E-state index contributed by atoms with van der Waals surface area (Å²) < 4.78 is 55.5. The Kier molecular flexibility index (Phi) is 12.9. The standard InChI is InChI=1S/C41H43ClFN5O8S/c1-4-33-38(32(45-46(33)3)13-9-21-47(22-23-49)57(53,54)36-16-7-6-14-34(36)48(51)52)37-31(42)20-19-30-29(40(44-39(30)37)41(50)55-5-2)12-10-24-56-35-15-8-11-26-25-27(43)17-18-28(26)35/h6-8,11,14-20,25,44,49H,4-5,9-10,12-13,21-24H2,1-3H3. The minimum atomic E-state index is -4.34. The third-order valence-corrected chi connectivity index (χ3v) is 12.1. The van der Waals surface area contributed by atoms with Gasteiger partial charge in [-0.2, -0.15) is 9.40 Å². The topological polar surface area (TPSA) is 170 Å². The molecule has 0 bridgehead atoms.